The van der Waals surface area contributed by atoms with Gasteiger partial charge in [-0.1, -0.05) is 17.7 Å². The molecule has 3 rings (SSSR count). The van der Waals surface area contributed by atoms with Gasteiger partial charge < -0.3 is 19.7 Å². The lowest BCUT2D eigenvalue weighted by molar-refractivity contribution is -0.132. The van der Waals surface area contributed by atoms with E-state index in [4.69, 9.17) is 21.1 Å². The molecule has 7 nitrogen and oxygen atoms in total. The Morgan fingerprint density at radius 3 is 2.65 bits per heavy atom. The molecule has 0 fully saturated rings. The van der Waals surface area contributed by atoms with Crippen LogP contribution in [0.3, 0.4) is 0 Å². The molecule has 0 spiro atoms. The van der Waals surface area contributed by atoms with Crippen LogP contribution >= 0.6 is 11.6 Å². The summed E-state index contributed by atoms with van der Waals surface area (Å²) in [6, 6.07) is 11.6. The number of hydrogen-bond acceptors (Lipinski definition) is 5. The van der Waals surface area contributed by atoms with Gasteiger partial charge in [-0.15, -0.1) is 0 Å². The number of carbonyl (C=O) groups is 3. The molecule has 8 heteroatoms. The molecule has 0 unspecified atom stereocenters. The normalized spacial score (nSPS) is 14.6. The summed E-state index contributed by atoms with van der Waals surface area (Å²) in [5.41, 5.74) is 0.297. The summed E-state index contributed by atoms with van der Waals surface area (Å²) < 4.78 is 11.0. The molecule has 1 aliphatic heterocycles. The van der Waals surface area contributed by atoms with Crippen molar-refractivity contribution in [2.45, 2.75) is 45.8 Å². The lowest BCUT2D eigenvalue weighted by Gasteiger charge is -2.38. The van der Waals surface area contributed by atoms with Gasteiger partial charge in [-0.25, -0.2) is 4.79 Å². The zero-order valence-corrected chi connectivity index (χ0v) is 18.7. The lowest BCUT2D eigenvalue weighted by Crippen LogP contribution is -2.53. The highest BCUT2D eigenvalue weighted by molar-refractivity contribution is 6.31. The van der Waals surface area contributed by atoms with E-state index in [0.29, 0.717) is 27.7 Å². The molecule has 0 saturated carbocycles. The highest BCUT2D eigenvalue weighted by Crippen LogP contribution is 2.39. The highest BCUT2D eigenvalue weighted by Gasteiger charge is 2.40. The van der Waals surface area contributed by atoms with E-state index in [2.05, 4.69) is 5.32 Å². The number of fused-ring (bicyclic) bond motifs is 1. The standard InChI is InChI=1S/C23H25ClN2O5/c1-14(2)30-21(28)15-6-5-7-17(12-15)25-20(27)10-11-26-18-13-16(24)8-9-19(18)31-23(3,4)22(26)29/h5-9,12-14H,10-11H2,1-4H3,(H,25,27). The van der Waals surface area contributed by atoms with Crippen LogP contribution < -0.4 is 15.0 Å². The topological polar surface area (TPSA) is 84.9 Å². The average molecular weight is 445 g/mol. The van der Waals surface area contributed by atoms with E-state index in [1.54, 1.807) is 70.2 Å². The molecule has 31 heavy (non-hydrogen) atoms. The van der Waals surface area contributed by atoms with Crippen LogP contribution in [0.5, 0.6) is 5.75 Å². The van der Waals surface area contributed by atoms with E-state index in [0.717, 1.165) is 0 Å². The van der Waals surface area contributed by atoms with E-state index >= 15 is 0 Å². The summed E-state index contributed by atoms with van der Waals surface area (Å²) in [6.45, 7) is 7.05. The minimum atomic E-state index is -1.05. The molecule has 1 N–H and O–H groups in total. The number of nitrogens with one attached hydrogen (secondary N) is 1. The molecule has 0 saturated heterocycles. The number of halogens is 1. The number of benzene rings is 2. The predicted molar refractivity (Wildman–Crippen MR) is 119 cm³/mol. The Hall–Kier alpha value is -3.06. The summed E-state index contributed by atoms with van der Waals surface area (Å²) in [5.74, 6) is -0.477. The van der Waals surface area contributed by atoms with E-state index in [9.17, 15) is 14.4 Å². The van der Waals surface area contributed by atoms with Crippen molar-refractivity contribution in [2.75, 3.05) is 16.8 Å². The first-order chi connectivity index (χ1) is 14.6. The largest absolute Gasteiger partial charge is 0.476 e. The molecule has 164 valence electrons. The maximum absolute atomic E-state index is 12.9. The Bertz CT molecular complexity index is 1020. The van der Waals surface area contributed by atoms with Crippen LogP contribution in [0, 0.1) is 0 Å². The van der Waals surface area contributed by atoms with E-state index < -0.39 is 11.6 Å². The van der Waals surface area contributed by atoms with Gasteiger partial charge in [0.25, 0.3) is 5.91 Å². The molecule has 1 aliphatic rings. The number of nitrogens with zero attached hydrogens (tertiary/aromatic N) is 1. The summed E-state index contributed by atoms with van der Waals surface area (Å²) in [5, 5.41) is 3.23. The van der Waals surface area contributed by atoms with Crippen molar-refractivity contribution < 1.29 is 23.9 Å². The highest BCUT2D eigenvalue weighted by atomic mass is 35.5. The first kappa shape index (κ1) is 22.6. The second-order valence-electron chi connectivity index (χ2n) is 8.01. The van der Waals surface area contributed by atoms with Gasteiger partial charge in [0, 0.05) is 23.7 Å². The zero-order valence-electron chi connectivity index (χ0n) is 17.9. The van der Waals surface area contributed by atoms with Gasteiger partial charge in [0.15, 0.2) is 5.60 Å². The molecule has 0 atom stereocenters. The maximum atomic E-state index is 12.9. The molecule has 0 radical (unpaired) electrons. The number of carbonyl (C=O) groups excluding carboxylic acids is 3. The quantitative estimate of drug-likeness (QED) is 0.666. The summed E-state index contributed by atoms with van der Waals surface area (Å²) in [4.78, 5) is 39.0. The molecule has 1 heterocycles. The van der Waals surface area contributed by atoms with Crippen molar-refractivity contribution in [3.8, 4) is 5.75 Å². The fourth-order valence-electron chi connectivity index (χ4n) is 3.21. The van der Waals surface area contributed by atoms with E-state index in [-0.39, 0.29) is 30.9 Å². The van der Waals surface area contributed by atoms with Crippen LogP contribution in [0.15, 0.2) is 42.5 Å². The number of amides is 2. The molecular formula is C23H25ClN2O5. The monoisotopic (exact) mass is 444 g/mol. The molecule has 0 aromatic heterocycles. The van der Waals surface area contributed by atoms with Crippen molar-refractivity contribution in [2.24, 2.45) is 0 Å². The Kier molecular flexibility index (Phi) is 6.55. The molecule has 2 aromatic rings. The Labute approximate surface area is 186 Å². The second-order valence-corrected chi connectivity index (χ2v) is 8.45. The number of hydrogen-bond donors (Lipinski definition) is 1. The lowest BCUT2D eigenvalue weighted by atomic mass is 10.0. The van der Waals surface area contributed by atoms with Crippen LogP contribution in [0.4, 0.5) is 11.4 Å². The van der Waals surface area contributed by atoms with Crippen LogP contribution in [0.2, 0.25) is 5.02 Å². The third-order valence-corrected chi connectivity index (χ3v) is 4.86. The van der Waals surface area contributed by atoms with Gasteiger partial charge in [0.2, 0.25) is 5.91 Å². The molecular weight excluding hydrogens is 420 g/mol. The second kappa shape index (κ2) is 8.98. The van der Waals surface area contributed by atoms with Crippen LogP contribution in [0.1, 0.15) is 44.5 Å². The first-order valence-electron chi connectivity index (χ1n) is 9.98. The van der Waals surface area contributed by atoms with Crippen molar-refractivity contribution in [3.05, 3.63) is 53.1 Å². The molecule has 2 aromatic carbocycles. The number of rotatable bonds is 6. The third kappa shape index (κ3) is 5.35. The van der Waals surface area contributed by atoms with Crippen molar-refractivity contribution in [1.29, 1.82) is 0 Å². The van der Waals surface area contributed by atoms with Crippen LogP contribution in [-0.4, -0.2) is 36.0 Å². The minimum absolute atomic E-state index is 0.0500. The van der Waals surface area contributed by atoms with Gasteiger partial charge >= 0.3 is 5.97 Å². The van der Waals surface area contributed by atoms with Gasteiger partial charge in [-0.3, -0.25) is 9.59 Å². The van der Waals surface area contributed by atoms with Gasteiger partial charge in [-0.2, -0.15) is 0 Å². The number of ether oxygens (including phenoxy) is 2. The summed E-state index contributed by atoms with van der Waals surface area (Å²) in [6.07, 6.45) is -0.188. The fraction of sp³-hybridized carbons (Fsp3) is 0.348. The van der Waals surface area contributed by atoms with Gasteiger partial charge in [-0.05, 0) is 64.1 Å². The Morgan fingerprint density at radius 2 is 1.94 bits per heavy atom. The van der Waals surface area contributed by atoms with Crippen molar-refractivity contribution in [1.82, 2.24) is 0 Å². The third-order valence-electron chi connectivity index (χ3n) is 4.62. The maximum Gasteiger partial charge on any atom is 0.338 e. The smallest absolute Gasteiger partial charge is 0.338 e. The zero-order chi connectivity index (χ0) is 22.8. The molecule has 0 bridgehead atoms. The van der Waals surface area contributed by atoms with Crippen molar-refractivity contribution >= 4 is 40.8 Å². The van der Waals surface area contributed by atoms with Gasteiger partial charge in [0.05, 0.1) is 17.4 Å². The number of anilines is 2. The summed E-state index contributed by atoms with van der Waals surface area (Å²) in [7, 11) is 0. The number of esters is 1. The SMILES string of the molecule is CC(C)OC(=O)c1cccc(NC(=O)CCN2C(=O)C(C)(C)Oc3ccc(Cl)cc32)c1. The Balaban J connectivity index is 1.69. The van der Waals surface area contributed by atoms with Crippen molar-refractivity contribution in [3.63, 3.8) is 0 Å². The summed E-state index contributed by atoms with van der Waals surface area (Å²) >= 11 is 6.09. The average Bonchev–Trinajstić information content (AvgIpc) is 2.68. The predicted octanol–water partition coefficient (Wildman–Crippen LogP) is 4.44. The molecule has 2 amide bonds. The molecule has 0 aliphatic carbocycles. The van der Waals surface area contributed by atoms with Crippen LogP contribution in [-0.2, 0) is 14.3 Å². The van der Waals surface area contributed by atoms with E-state index in [1.807, 2.05) is 0 Å². The fourth-order valence-corrected chi connectivity index (χ4v) is 3.37. The van der Waals surface area contributed by atoms with Gasteiger partial charge in [0.1, 0.15) is 5.75 Å². The minimum Gasteiger partial charge on any atom is -0.476 e. The van der Waals surface area contributed by atoms with Crippen LogP contribution in [0.25, 0.3) is 0 Å². The van der Waals surface area contributed by atoms with E-state index in [1.165, 1.54) is 4.90 Å². The Morgan fingerprint density at radius 1 is 1.19 bits per heavy atom. The first-order valence-corrected chi connectivity index (χ1v) is 10.4.